The van der Waals surface area contributed by atoms with E-state index in [1.165, 1.54) is 5.56 Å². The predicted molar refractivity (Wildman–Crippen MR) is 140 cm³/mol. The minimum Gasteiger partial charge on any atom is -0.456 e. The van der Waals surface area contributed by atoms with Crippen LogP contribution in [0.2, 0.25) is 0 Å². The van der Waals surface area contributed by atoms with Crippen LogP contribution in [0.4, 0.5) is 5.69 Å². The molecule has 0 spiro atoms. The molecule has 0 aliphatic carbocycles. The van der Waals surface area contributed by atoms with Crippen LogP contribution in [0.3, 0.4) is 0 Å². The van der Waals surface area contributed by atoms with E-state index < -0.39 is 0 Å². The van der Waals surface area contributed by atoms with E-state index in [9.17, 15) is 0 Å². The number of furan rings is 1. The topological polar surface area (TPSA) is 21.4 Å². The van der Waals surface area contributed by atoms with Crippen LogP contribution in [0.25, 0.3) is 49.2 Å². The third-order valence-corrected chi connectivity index (χ3v) is 6.41. The summed E-state index contributed by atoms with van der Waals surface area (Å²) in [7, 11) is 2.05. The highest BCUT2D eigenvalue weighted by Gasteiger charge is 2.23. The van der Waals surface area contributed by atoms with Gasteiger partial charge in [0.15, 0.2) is 11.9 Å². The molecule has 0 bridgehead atoms. The quantitative estimate of drug-likeness (QED) is 0.203. The first kappa shape index (κ1) is 21.9. The summed E-state index contributed by atoms with van der Waals surface area (Å²) in [6, 6.07) is 23.1. The number of aryl methyl sites for hydroxylation is 2. The lowest BCUT2D eigenvalue weighted by Crippen LogP contribution is -2.30. The largest absolute Gasteiger partial charge is 0.456 e. The Morgan fingerprint density at radius 1 is 0.912 bits per heavy atom. The summed E-state index contributed by atoms with van der Waals surface area (Å²) in [5.41, 5.74) is 9.21. The molecule has 0 saturated heterocycles. The first-order valence-electron chi connectivity index (χ1n) is 11.7. The van der Waals surface area contributed by atoms with Crippen LogP contribution in [0.1, 0.15) is 31.9 Å². The number of hydrogen-bond acceptors (Lipinski definition) is 1. The van der Waals surface area contributed by atoms with E-state index in [1.807, 2.05) is 37.5 Å². The van der Waals surface area contributed by atoms with Gasteiger partial charge in [0.05, 0.1) is 12.1 Å². The minimum atomic E-state index is 0.243. The van der Waals surface area contributed by atoms with Crippen LogP contribution in [0, 0.1) is 18.9 Å². The van der Waals surface area contributed by atoms with Crippen molar-refractivity contribution in [3.8, 4) is 22.4 Å². The van der Waals surface area contributed by atoms with Crippen molar-refractivity contribution in [2.75, 3.05) is 0 Å². The Hall–Kier alpha value is -3.90. The summed E-state index contributed by atoms with van der Waals surface area (Å²) >= 11 is 0. The van der Waals surface area contributed by atoms with Gasteiger partial charge < -0.3 is 4.42 Å². The molecule has 0 atom stereocenters. The average molecular weight is 446 g/mol. The summed E-state index contributed by atoms with van der Waals surface area (Å²) in [6.45, 7) is 16.7. The molecule has 34 heavy (non-hydrogen) atoms. The van der Waals surface area contributed by atoms with Crippen molar-refractivity contribution in [1.29, 1.82) is 0 Å². The lowest BCUT2D eigenvalue weighted by Gasteiger charge is -2.18. The van der Waals surface area contributed by atoms with Crippen molar-refractivity contribution >= 4 is 27.6 Å². The fourth-order valence-electron chi connectivity index (χ4n) is 4.86. The number of benzene rings is 3. The van der Waals surface area contributed by atoms with Gasteiger partial charge in [-0.1, -0.05) is 69.3 Å². The van der Waals surface area contributed by atoms with E-state index in [1.54, 1.807) is 0 Å². The smallest absolute Gasteiger partial charge is 0.216 e. The zero-order valence-corrected chi connectivity index (χ0v) is 20.4. The van der Waals surface area contributed by atoms with E-state index in [-0.39, 0.29) is 5.41 Å². The van der Waals surface area contributed by atoms with E-state index >= 15 is 0 Å². The molecule has 2 aromatic heterocycles. The molecule has 0 aliphatic rings. The van der Waals surface area contributed by atoms with Crippen molar-refractivity contribution in [2.24, 2.45) is 12.5 Å². The number of rotatable bonds is 3. The molecule has 2 heterocycles. The maximum atomic E-state index is 7.80. The molecule has 3 heteroatoms. The number of fused-ring (bicyclic) bond motifs is 3. The zero-order valence-electron chi connectivity index (χ0n) is 20.4. The second kappa shape index (κ2) is 8.15. The maximum absolute atomic E-state index is 7.80. The summed E-state index contributed by atoms with van der Waals surface area (Å²) in [4.78, 5) is 3.84. The standard InChI is InChI=1S/C31H29N2O/c1-20-10-15-24-28-25(32-5)17-16-23(22-13-11-21(12-14-22)19-31(2,3)4)29(28)34-30(24)27(20)26-9-7-8-18-33(26)6/h7-18H,19H2,1-4,6H3/q+1. The van der Waals surface area contributed by atoms with E-state index in [0.29, 0.717) is 5.69 Å². The van der Waals surface area contributed by atoms with Crippen molar-refractivity contribution in [1.82, 2.24) is 0 Å². The van der Waals surface area contributed by atoms with Crippen molar-refractivity contribution in [3.63, 3.8) is 0 Å². The fraction of sp³-hybridized carbons (Fsp3) is 0.226. The van der Waals surface area contributed by atoms with Gasteiger partial charge in [0.25, 0.3) is 0 Å². The second-order valence-electron chi connectivity index (χ2n) is 10.3. The Bertz CT molecular complexity index is 1580. The molecular formula is C31H29N2O+. The lowest BCUT2D eigenvalue weighted by atomic mass is 9.87. The van der Waals surface area contributed by atoms with Crippen molar-refractivity contribution in [3.05, 3.63) is 95.5 Å². The van der Waals surface area contributed by atoms with E-state index in [0.717, 1.165) is 56.3 Å². The van der Waals surface area contributed by atoms with Gasteiger partial charge in [-0.25, -0.2) is 9.41 Å². The molecule has 0 fully saturated rings. The lowest BCUT2D eigenvalue weighted by molar-refractivity contribution is -0.660. The van der Waals surface area contributed by atoms with Crippen molar-refractivity contribution in [2.45, 2.75) is 34.1 Å². The highest BCUT2D eigenvalue weighted by Crippen LogP contribution is 2.44. The van der Waals surface area contributed by atoms with Crippen LogP contribution < -0.4 is 4.57 Å². The second-order valence-corrected chi connectivity index (χ2v) is 10.3. The Morgan fingerprint density at radius 2 is 1.68 bits per heavy atom. The molecule has 0 radical (unpaired) electrons. The zero-order chi connectivity index (χ0) is 24.0. The van der Waals surface area contributed by atoms with Gasteiger partial charge in [0, 0.05) is 28.5 Å². The summed E-state index contributed by atoms with van der Waals surface area (Å²) in [5.74, 6) is 0. The third kappa shape index (κ3) is 3.76. The van der Waals surface area contributed by atoms with Crippen LogP contribution in [-0.2, 0) is 13.5 Å². The fourth-order valence-corrected chi connectivity index (χ4v) is 4.86. The molecule has 0 amide bonds. The van der Waals surface area contributed by atoms with Crippen LogP contribution >= 0.6 is 0 Å². The van der Waals surface area contributed by atoms with Gasteiger partial charge in [0.2, 0.25) is 5.69 Å². The highest BCUT2D eigenvalue weighted by molar-refractivity contribution is 6.18. The molecule has 0 saturated carbocycles. The van der Waals surface area contributed by atoms with E-state index in [2.05, 4.69) is 79.6 Å². The molecule has 5 rings (SSSR count). The summed E-state index contributed by atoms with van der Waals surface area (Å²) < 4.78 is 8.77. The van der Waals surface area contributed by atoms with Gasteiger partial charge in [0.1, 0.15) is 18.2 Å². The summed E-state index contributed by atoms with van der Waals surface area (Å²) in [6.07, 6.45) is 3.08. The van der Waals surface area contributed by atoms with Gasteiger partial charge in [-0.05, 0) is 41.5 Å². The first-order chi connectivity index (χ1) is 16.3. The van der Waals surface area contributed by atoms with Crippen LogP contribution in [0.5, 0.6) is 0 Å². The molecule has 0 aliphatic heterocycles. The summed E-state index contributed by atoms with van der Waals surface area (Å²) in [5, 5.41) is 1.87. The number of hydrogen-bond donors (Lipinski definition) is 0. The molecular weight excluding hydrogens is 416 g/mol. The molecule has 3 nitrogen and oxygen atoms in total. The van der Waals surface area contributed by atoms with Gasteiger partial charge >= 0.3 is 0 Å². The average Bonchev–Trinajstić information content (AvgIpc) is 3.18. The van der Waals surface area contributed by atoms with Crippen molar-refractivity contribution < 1.29 is 8.98 Å². The van der Waals surface area contributed by atoms with Crippen LogP contribution in [0.15, 0.2) is 77.3 Å². The maximum Gasteiger partial charge on any atom is 0.216 e. The predicted octanol–water partition coefficient (Wildman–Crippen LogP) is 8.19. The van der Waals surface area contributed by atoms with Gasteiger partial charge in [-0.2, -0.15) is 0 Å². The Labute approximate surface area is 201 Å². The van der Waals surface area contributed by atoms with E-state index in [4.69, 9.17) is 11.0 Å². The third-order valence-electron chi connectivity index (χ3n) is 6.41. The monoisotopic (exact) mass is 445 g/mol. The molecule has 3 aromatic carbocycles. The number of nitrogens with zero attached hydrogens (tertiary/aromatic N) is 2. The highest BCUT2D eigenvalue weighted by atomic mass is 16.3. The minimum absolute atomic E-state index is 0.243. The van der Waals surface area contributed by atoms with Crippen LogP contribution in [-0.4, -0.2) is 0 Å². The SMILES string of the molecule is [C-]#[N+]c1ccc(-c2ccc(CC(C)(C)C)cc2)c2oc3c(-c4cccc[n+]4C)c(C)ccc3c12. The molecule has 5 aromatic rings. The Kier molecular flexibility index (Phi) is 5.25. The Balaban J connectivity index is 1.77. The molecule has 0 N–H and O–H groups in total. The number of aromatic nitrogens is 1. The normalized spacial score (nSPS) is 11.8. The first-order valence-corrected chi connectivity index (χ1v) is 11.7. The molecule has 0 unspecified atom stereocenters. The molecule has 168 valence electrons. The number of pyridine rings is 1. The van der Waals surface area contributed by atoms with Gasteiger partial charge in [-0.15, -0.1) is 0 Å². The Morgan fingerprint density at radius 3 is 2.35 bits per heavy atom. The van der Waals surface area contributed by atoms with Gasteiger partial charge in [-0.3, -0.25) is 0 Å².